The van der Waals surface area contributed by atoms with Gasteiger partial charge < -0.3 is 9.47 Å². The Balaban J connectivity index is 4.34. The molecule has 0 N–H and O–H groups in total. The molecule has 90 valence electrons. The van der Waals surface area contributed by atoms with Gasteiger partial charge in [-0.25, -0.2) is 4.79 Å². The van der Waals surface area contributed by atoms with Gasteiger partial charge in [0, 0.05) is 19.4 Å². The third-order valence-electron chi connectivity index (χ3n) is 1.44. The first-order valence-electron chi connectivity index (χ1n) is 4.74. The lowest BCUT2D eigenvalue weighted by Gasteiger charge is -2.24. The van der Waals surface area contributed by atoms with Gasteiger partial charge in [0.25, 0.3) is 5.79 Å². The monoisotopic (exact) mass is 228 g/mol. The molecule has 0 aliphatic carbocycles. The molecule has 0 aromatic rings. The first-order valence-corrected chi connectivity index (χ1v) is 4.74. The zero-order chi connectivity index (χ0) is 12.9. The van der Waals surface area contributed by atoms with E-state index in [9.17, 15) is 14.4 Å². The van der Waals surface area contributed by atoms with Crippen molar-refractivity contribution in [2.45, 2.75) is 39.9 Å². The van der Waals surface area contributed by atoms with Crippen LogP contribution in [0.2, 0.25) is 0 Å². The molecule has 0 aliphatic heterocycles. The molecule has 0 aromatic heterocycles. The van der Waals surface area contributed by atoms with Crippen LogP contribution in [0.3, 0.4) is 0 Å². The van der Waals surface area contributed by atoms with Crippen LogP contribution >= 0.6 is 0 Å². The molecule has 0 bridgehead atoms. The molecule has 5 nitrogen and oxygen atoms in total. The van der Waals surface area contributed by atoms with Crippen LogP contribution in [0.15, 0.2) is 12.2 Å². The van der Waals surface area contributed by atoms with E-state index in [0.717, 1.165) is 0 Å². The predicted octanol–water partition coefficient (Wildman–Crippen LogP) is 1.36. The lowest BCUT2D eigenvalue weighted by atomic mass is 10.3. The summed E-state index contributed by atoms with van der Waals surface area (Å²) in [4.78, 5) is 33.0. The molecule has 0 atom stereocenters. The van der Waals surface area contributed by atoms with Gasteiger partial charge >= 0.3 is 11.9 Å². The van der Waals surface area contributed by atoms with Gasteiger partial charge in [-0.1, -0.05) is 6.58 Å². The molecule has 0 saturated carbocycles. The van der Waals surface area contributed by atoms with Crippen LogP contribution in [0.4, 0.5) is 0 Å². The normalized spacial score (nSPS) is 10.5. The molecule has 0 radical (unpaired) electrons. The van der Waals surface area contributed by atoms with Crippen LogP contribution in [-0.2, 0) is 23.9 Å². The van der Waals surface area contributed by atoms with Gasteiger partial charge in [0.1, 0.15) is 12.2 Å². The SMILES string of the molecule is C=C(C)C(=O)OC(C)(C)OC(=O)CC(C)=O. The van der Waals surface area contributed by atoms with Crippen molar-refractivity contribution in [3.8, 4) is 0 Å². The second kappa shape index (κ2) is 5.44. The highest BCUT2D eigenvalue weighted by atomic mass is 16.7. The largest absolute Gasteiger partial charge is 0.423 e. The molecule has 0 heterocycles. The Hall–Kier alpha value is -1.65. The highest BCUT2D eigenvalue weighted by Gasteiger charge is 2.27. The summed E-state index contributed by atoms with van der Waals surface area (Å²) < 4.78 is 9.68. The fourth-order valence-corrected chi connectivity index (χ4v) is 0.845. The average Bonchev–Trinajstić information content (AvgIpc) is 1.98. The minimum absolute atomic E-state index is 0.204. The summed E-state index contributed by atoms with van der Waals surface area (Å²) in [5.74, 6) is -3.09. The van der Waals surface area contributed by atoms with E-state index in [4.69, 9.17) is 9.47 Å². The highest BCUT2D eigenvalue weighted by molar-refractivity contribution is 5.94. The standard InChI is InChI=1S/C11H16O5/c1-7(2)10(14)16-11(4,5)15-9(13)6-8(3)12/h1,6H2,2-5H3. The number of hydrogen-bond donors (Lipinski definition) is 0. The molecule has 5 heteroatoms. The van der Waals surface area contributed by atoms with Crippen molar-refractivity contribution < 1.29 is 23.9 Å². The van der Waals surface area contributed by atoms with Crippen LogP contribution in [0.5, 0.6) is 0 Å². The second-order valence-electron chi connectivity index (χ2n) is 3.92. The van der Waals surface area contributed by atoms with Crippen LogP contribution in [0, 0.1) is 0 Å². The van der Waals surface area contributed by atoms with Crippen LogP contribution in [0.1, 0.15) is 34.1 Å². The van der Waals surface area contributed by atoms with Gasteiger partial charge in [0.2, 0.25) is 0 Å². The summed E-state index contributed by atoms with van der Waals surface area (Å²) in [5, 5.41) is 0. The molecular formula is C11H16O5. The van der Waals surface area contributed by atoms with Crippen molar-refractivity contribution in [1.82, 2.24) is 0 Å². The molecule has 0 fully saturated rings. The molecule has 0 rings (SSSR count). The molecule has 16 heavy (non-hydrogen) atoms. The lowest BCUT2D eigenvalue weighted by Crippen LogP contribution is -2.34. The van der Waals surface area contributed by atoms with E-state index in [-0.39, 0.29) is 17.8 Å². The smallest absolute Gasteiger partial charge is 0.336 e. The fraction of sp³-hybridized carbons (Fsp3) is 0.545. The van der Waals surface area contributed by atoms with E-state index in [1.54, 1.807) is 0 Å². The molecule has 0 saturated heterocycles. The number of hydrogen-bond acceptors (Lipinski definition) is 5. The minimum atomic E-state index is -1.40. The van der Waals surface area contributed by atoms with Crippen molar-refractivity contribution >= 4 is 17.7 Å². The van der Waals surface area contributed by atoms with E-state index < -0.39 is 17.7 Å². The maximum Gasteiger partial charge on any atom is 0.336 e. The number of ketones is 1. The van der Waals surface area contributed by atoms with Crippen molar-refractivity contribution in [1.29, 1.82) is 0 Å². The Kier molecular flexibility index (Phi) is 4.88. The Morgan fingerprint density at radius 2 is 1.62 bits per heavy atom. The number of esters is 2. The van der Waals surface area contributed by atoms with Gasteiger partial charge in [-0.05, 0) is 13.8 Å². The van der Waals surface area contributed by atoms with Gasteiger partial charge in [0.15, 0.2) is 0 Å². The number of Topliss-reactive ketones (excluding diaryl/α,β-unsaturated/α-hetero) is 1. The molecule has 0 spiro atoms. The topological polar surface area (TPSA) is 69.7 Å². The maximum absolute atomic E-state index is 11.2. The summed E-state index contributed by atoms with van der Waals surface area (Å²) in [6.07, 6.45) is -0.339. The lowest BCUT2D eigenvalue weighted by molar-refractivity contribution is -0.213. The van der Waals surface area contributed by atoms with E-state index in [1.165, 1.54) is 27.7 Å². The molecule has 0 aliphatic rings. The second-order valence-corrected chi connectivity index (χ2v) is 3.92. The van der Waals surface area contributed by atoms with E-state index >= 15 is 0 Å². The van der Waals surface area contributed by atoms with Gasteiger partial charge in [-0.3, -0.25) is 9.59 Å². The number of carbonyl (C=O) groups excluding carboxylic acids is 3. The number of ether oxygens (including phenoxy) is 2. The molecule has 0 aromatic carbocycles. The first-order chi connectivity index (χ1) is 7.14. The predicted molar refractivity (Wildman–Crippen MR) is 56.4 cm³/mol. The summed E-state index contributed by atoms with van der Waals surface area (Å²) in [5.41, 5.74) is 0.204. The number of carbonyl (C=O) groups is 3. The van der Waals surface area contributed by atoms with Gasteiger partial charge in [-0.15, -0.1) is 0 Å². The van der Waals surface area contributed by atoms with Crippen LogP contribution in [0.25, 0.3) is 0 Å². The number of rotatable bonds is 5. The highest BCUT2D eigenvalue weighted by Crippen LogP contribution is 2.14. The Morgan fingerprint density at radius 3 is 2.00 bits per heavy atom. The molecule has 0 unspecified atom stereocenters. The summed E-state index contributed by atoms with van der Waals surface area (Å²) in [6, 6.07) is 0. The van der Waals surface area contributed by atoms with E-state index in [2.05, 4.69) is 6.58 Å². The first kappa shape index (κ1) is 14.3. The van der Waals surface area contributed by atoms with Gasteiger partial charge in [-0.2, -0.15) is 0 Å². The van der Waals surface area contributed by atoms with Crippen LogP contribution in [-0.4, -0.2) is 23.5 Å². The van der Waals surface area contributed by atoms with E-state index in [1.807, 2.05) is 0 Å². The average molecular weight is 228 g/mol. The third-order valence-corrected chi connectivity index (χ3v) is 1.44. The maximum atomic E-state index is 11.2. The van der Waals surface area contributed by atoms with Crippen molar-refractivity contribution in [3.05, 3.63) is 12.2 Å². The quantitative estimate of drug-likeness (QED) is 0.307. The zero-order valence-corrected chi connectivity index (χ0v) is 9.96. The van der Waals surface area contributed by atoms with Crippen molar-refractivity contribution in [2.24, 2.45) is 0 Å². The molecule has 0 amide bonds. The summed E-state index contributed by atoms with van der Waals surface area (Å²) >= 11 is 0. The third kappa shape index (κ3) is 5.95. The minimum Gasteiger partial charge on any atom is -0.423 e. The van der Waals surface area contributed by atoms with Crippen LogP contribution < -0.4 is 0 Å². The molecular weight excluding hydrogens is 212 g/mol. The summed E-state index contributed by atoms with van der Waals surface area (Å²) in [6.45, 7) is 8.97. The summed E-state index contributed by atoms with van der Waals surface area (Å²) in [7, 11) is 0. The van der Waals surface area contributed by atoms with Crippen molar-refractivity contribution in [3.63, 3.8) is 0 Å². The fourth-order valence-electron chi connectivity index (χ4n) is 0.845. The Morgan fingerprint density at radius 1 is 1.12 bits per heavy atom. The zero-order valence-electron chi connectivity index (χ0n) is 9.96. The van der Waals surface area contributed by atoms with Crippen molar-refractivity contribution in [2.75, 3.05) is 0 Å². The van der Waals surface area contributed by atoms with Gasteiger partial charge in [0.05, 0.1) is 0 Å². The Bertz CT molecular complexity index is 327. The Labute approximate surface area is 94.4 Å². The van der Waals surface area contributed by atoms with E-state index in [0.29, 0.717) is 0 Å².